The molecule has 3 nitrogen and oxygen atoms in total. The van der Waals surface area contributed by atoms with Crippen LogP contribution in [-0.2, 0) is 9.84 Å². The van der Waals surface area contributed by atoms with E-state index in [1.54, 1.807) is 20.8 Å². The van der Waals surface area contributed by atoms with Crippen LogP contribution in [0, 0.1) is 5.92 Å². The maximum Gasteiger partial charge on any atom is 0.155 e. The Balaban J connectivity index is 2.49. The summed E-state index contributed by atoms with van der Waals surface area (Å²) in [5, 5.41) is 3.62. The van der Waals surface area contributed by atoms with Gasteiger partial charge in [-0.15, -0.1) is 0 Å². The van der Waals surface area contributed by atoms with E-state index in [-0.39, 0.29) is 0 Å². The van der Waals surface area contributed by atoms with Crippen molar-refractivity contribution in [2.45, 2.75) is 83.4 Å². The summed E-state index contributed by atoms with van der Waals surface area (Å²) in [7, 11) is -2.96. The van der Waals surface area contributed by atoms with E-state index in [4.69, 9.17) is 0 Å². The average molecular weight is 304 g/mol. The fourth-order valence-electron chi connectivity index (χ4n) is 2.89. The quantitative estimate of drug-likeness (QED) is 0.763. The number of sulfone groups is 1. The first kappa shape index (κ1) is 18.0. The number of hydrogen-bond donors (Lipinski definition) is 1. The van der Waals surface area contributed by atoms with E-state index >= 15 is 0 Å². The Bertz CT molecular complexity index is 370. The predicted molar refractivity (Wildman–Crippen MR) is 86.8 cm³/mol. The molecular formula is C16H33NO2S. The van der Waals surface area contributed by atoms with Gasteiger partial charge in [-0.3, -0.25) is 0 Å². The molecule has 1 saturated carbocycles. The Morgan fingerprint density at radius 3 is 2.40 bits per heavy atom. The van der Waals surface area contributed by atoms with Crippen LogP contribution in [0.15, 0.2) is 0 Å². The second kappa shape index (κ2) is 7.79. The molecule has 0 bridgehead atoms. The zero-order valence-electron chi connectivity index (χ0n) is 13.7. The van der Waals surface area contributed by atoms with E-state index < -0.39 is 14.6 Å². The van der Waals surface area contributed by atoms with Crippen molar-refractivity contribution in [1.82, 2.24) is 5.32 Å². The monoisotopic (exact) mass is 303 g/mol. The molecule has 0 radical (unpaired) electrons. The van der Waals surface area contributed by atoms with E-state index in [0.717, 1.165) is 19.4 Å². The molecular weight excluding hydrogens is 270 g/mol. The Morgan fingerprint density at radius 2 is 1.80 bits per heavy atom. The molecule has 20 heavy (non-hydrogen) atoms. The Kier molecular flexibility index (Phi) is 6.99. The van der Waals surface area contributed by atoms with Crippen LogP contribution in [0.3, 0.4) is 0 Å². The Morgan fingerprint density at radius 1 is 1.15 bits per heavy atom. The van der Waals surface area contributed by atoms with E-state index in [1.165, 1.54) is 32.1 Å². The average Bonchev–Trinajstić information content (AvgIpc) is 2.58. The smallest absolute Gasteiger partial charge is 0.155 e. The van der Waals surface area contributed by atoms with Gasteiger partial charge in [-0.25, -0.2) is 8.42 Å². The van der Waals surface area contributed by atoms with Crippen molar-refractivity contribution < 1.29 is 8.42 Å². The first-order valence-electron chi connectivity index (χ1n) is 8.22. The molecule has 1 rings (SSSR count). The second-order valence-corrected chi connectivity index (χ2v) is 10.1. The van der Waals surface area contributed by atoms with E-state index in [0.29, 0.717) is 17.7 Å². The van der Waals surface area contributed by atoms with Crippen LogP contribution in [0.4, 0.5) is 0 Å². The lowest BCUT2D eigenvalue weighted by Crippen LogP contribution is -2.33. The second-order valence-electron chi connectivity index (χ2n) is 7.26. The largest absolute Gasteiger partial charge is 0.314 e. The molecule has 2 unspecified atom stereocenters. The molecule has 1 aliphatic rings. The van der Waals surface area contributed by atoms with E-state index in [9.17, 15) is 8.42 Å². The molecule has 1 N–H and O–H groups in total. The van der Waals surface area contributed by atoms with Gasteiger partial charge < -0.3 is 5.32 Å². The minimum absolute atomic E-state index is 0.349. The predicted octanol–water partition coefficient (Wildman–Crippen LogP) is 3.54. The zero-order chi connectivity index (χ0) is 15.2. The van der Waals surface area contributed by atoms with Crippen molar-refractivity contribution in [1.29, 1.82) is 0 Å². The van der Waals surface area contributed by atoms with Crippen molar-refractivity contribution in [3.05, 3.63) is 0 Å². The van der Waals surface area contributed by atoms with Crippen molar-refractivity contribution in [2.75, 3.05) is 12.3 Å². The molecule has 1 aliphatic carbocycles. The maximum absolute atomic E-state index is 12.2. The molecule has 0 amide bonds. The first-order chi connectivity index (χ1) is 9.26. The van der Waals surface area contributed by atoms with Crippen LogP contribution in [0.25, 0.3) is 0 Å². The number of rotatable bonds is 6. The van der Waals surface area contributed by atoms with Crippen LogP contribution >= 0.6 is 0 Å². The molecule has 0 heterocycles. The first-order valence-corrected chi connectivity index (χ1v) is 9.87. The minimum Gasteiger partial charge on any atom is -0.314 e. The topological polar surface area (TPSA) is 46.2 Å². The number of nitrogens with one attached hydrogen (secondary N) is 1. The van der Waals surface area contributed by atoms with Crippen molar-refractivity contribution >= 4 is 9.84 Å². The third-order valence-electron chi connectivity index (χ3n) is 4.44. The standard InChI is InChI=1S/C16H33NO2S/c1-5-11-17-15-9-7-6-8-14(13-15)10-12-20(18,19)16(2,3)4/h14-15,17H,5-13H2,1-4H3. The summed E-state index contributed by atoms with van der Waals surface area (Å²) in [5.41, 5.74) is 0. The maximum atomic E-state index is 12.2. The lowest BCUT2D eigenvalue weighted by molar-refractivity contribution is 0.377. The van der Waals surface area contributed by atoms with Crippen LogP contribution in [0.1, 0.15) is 72.6 Å². The highest BCUT2D eigenvalue weighted by molar-refractivity contribution is 7.92. The van der Waals surface area contributed by atoms with Crippen molar-refractivity contribution in [3.8, 4) is 0 Å². The van der Waals surface area contributed by atoms with Gasteiger partial charge in [0.1, 0.15) is 0 Å². The van der Waals surface area contributed by atoms with Gasteiger partial charge in [-0.1, -0.05) is 26.2 Å². The molecule has 0 aromatic carbocycles. The summed E-state index contributed by atoms with van der Waals surface area (Å²) in [6.45, 7) is 8.69. The summed E-state index contributed by atoms with van der Waals surface area (Å²) in [6, 6.07) is 0.597. The molecule has 0 saturated heterocycles. The third-order valence-corrected chi connectivity index (χ3v) is 7.08. The zero-order valence-corrected chi connectivity index (χ0v) is 14.6. The third kappa shape index (κ3) is 5.72. The van der Waals surface area contributed by atoms with Crippen LogP contribution < -0.4 is 5.32 Å². The Hall–Kier alpha value is -0.0900. The van der Waals surface area contributed by atoms with E-state index in [1.807, 2.05) is 0 Å². The van der Waals surface area contributed by atoms with Gasteiger partial charge in [0, 0.05) is 6.04 Å². The highest BCUT2D eigenvalue weighted by Gasteiger charge is 2.30. The molecule has 0 aromatic rings. The van der Waals surface area contributed by atoms with E-state index in [2.05, 4.69) is 12.2 Å². The molecule has 2 atom stereocenters. The highest BCUT2D eigenvalue weighted by atomic mass is 32.2. The van der Waals surface area contributed by atoms with Crippen LogP contribution in [-0.4, -0.2) is 31.5 Å². The van der Waals surface area contributed by atoms with Crippen molar-refractivity contribution in [3.63, 3.8) is 0 Å². The summed E-state index contributed by atoms with van der Waals surface area (Å²) >= 11 is 0. The fourth-order valence-corrected chi connectivity index (χ4v) is 4.14. The van der Waals surface area contributed by atoms with Gasteiger partial charge in [0.15, 0.2) is 9.84 Å². The number of hydrogen-bond acceptors (Lipinski definition) is 3. The summed E-state index contributed by atoms with van der Waals surface area (Å²) in [5.74, 6) is 0.922. The Labute approximate surface area is 125 Å². The fraction of sp³-hybridized carbons (Fsp3) is 1.00. The molecule has 0 spiro atoms. The minimum atomic E-state index is -2.96. The lowest BCUT2D eigenvalue weighted by atomic mass is 9.95. The van der Waals surface area contributed by atoms with Crippen LogP contribution in [0.2, 0.25) is 0 Å². The molecule has 1 fully saturated rings. The highest BCUT2D eigenvalue weighted by Crippen LogP contribution is 2.28. The summed E-state index contributed by atoms with van der Waals surface area (Å²) in [4.78, 5) is 0. The molecule has 0 aliphatic heterocycles. The van der Waals surface area contributed by atoms with Gasteiger partial charge in [0.25, 0.3) is 0 Å². The summed E-state index contributed by atoms with van der Waals surface area (Å²) in [6.07, 6.45) is 8.14. The van der Waals surface area contributed by atoms with Gasteiger partial charge in [-0.2, -0.15) is 0 Å². The van der Waals surface area contributed by atoms with Gasteiger partial charge in [-0.05, 0) is 58.9 Å². The molecule has 4 heteroatoms. The van der Waals surface area contributed by atoms with Gasteiger partial charge in [0.05, 0.1) is 10.5 Å². The summed E-state index contributed by atoms with van der Waals surface area (Å²) < 4.78 is 23.8. The van der Waals surface area contributed by atoms with Gasteiger partial charge >= 0.3 is 0 Å². The molecule has 120 valence electrons. The lowest BCUT2D eigenvalue weighted by Gasteiger charge is -2.23. The SMILES string of the molecule is CCCNC1CCCCC(CCS(=O)(=O)C(C)(C)C)C1. The normalized spacial score (nSPS) is 25.4. The molecule has 0 aromatic heterocycles. The van der Waals surface area contributed by atoms with Crippen LogP contribution in [0.5, 0.6) is 0 Å². The van der Waals surface area contributed by atoms with Crippen molar-refractivity contribution in [2.24, 2.45) is 5.92 Å². The van der Waals surface area contributed by atoms with Gasteiger partial charge in [0.2, 0.25) is 0 Å².